The summed E-state index contributed by atoms with van der Waals surface area (Å²) in [6, 6.07) is 16.2. The van der Waals surface area contributed by atoms with Crippen LogP contribution in [0.5, 0.6) is 0 Å². The van der Waals surface area contributed by atoms with E-state index in [4.69, 9.17) is 0 Å². The third-order valence-electron chi connectivity index (χ3n) is 4.08. The monoisotopic (exact) mass is 309 g/mol. The number of para-hydroxylation sites is 2. The van der Waals surface area contributed by atoms with E-state index in [1.165, 1.54) is 4.90 Å². The van der Waals surface area contributed by atoms with Gasteiger partial charge in [0, 0.05) is 18.4 Å². The van der Waals surface area contributed by atoms with Gasteiger partial charge in [0.25, 0.3) is 0 Å². The van der Waals surface area contributed by atoms with Crippen molar-refractivity contribution in [3.63, 3.8) is 0 Å². The lowest BCUT2D eigenvalue weighted by atomic mass is 10.1. The lowest BCUT2D eigenvalue weighted by Crippen LogP contribution is -2.46. The van der Waals surface area contributed by atoms with E-state index in [-0.39, 0.29) is 11.9 Å². The Morgan fingerprint density at radius 1 is 1.13 bits per heavy atom. The Morgan fingerprint density at radius 2 is 1.83 bits per heavy atom. The highest BCUT2D eigenvalue weighted by molar-refractivity contribution is 6.00. The third-order valence-corrected chi connectivity index (χ3v) is 4.08. The van der Waals surface area contributed by atoms with Gasteiger partial charge in [-0.1, -0.05) is 36.4 Å². The minimum atomic E-state index is -0.494. The number of nitrogens with one attached hydrogen (secondary N) is 2. The standard InChI is InChI=1S/C18H19N3O2/c1-21(18(23)19-14-8-3-2-4-9-14)16-12-11-13-7-5-6-10-15(13)20-17(16)22/h2-10,16H,11-12H2,1H3,(H,19,23)(H,20,22). The number of hydrogen-bond acceptors (Lipinski definition) is 2. The van der Waals surface area contributed by atoms with Gasteiger partial charge in [0.2, 0.25) is 5.91 Å². The van der Waals surface area contributed by atoms with Gasteiger partial charge in [-0.15, -0.1) is 0 Å². The van der Waals surface area contributed by atoms with E-state index in [1.807, 2.05) is 54.6 Å². The van der Waals surface area contributed by atoms with Crippen LogP contribution in [0.1, 0.15) is 12.0 Å². The highest BCUT2D eigenvalue weighted by atomic mass is 16.2. The second kappa shape index (κ2) is 6.52. The summed E-state index contributed by atoms with van der Waals surface area (Å²) in [6.45, 7) is 0. The van der Waals surface area contributed by atoms with Crippen molar-refractivity contribution in [1.29, 1.82) is 0 Å². The summed E-state index contributed by atoms with van der Waals surface area (Å²) in [4.78, 5) is 26.3. The molecule has 2 aromatic rings. The van der Waals surface area contributed by atoms with Crippen molar-refractivity contribution in [2.45, 2.75) is 18.9 Å². The van der Waals surface area contributed by atoms with Gasteiger partial charge >= 0.3 is 6.03 Å². The first-order valence-corrected chi connectivity index (χ1v) is 7.63. The summed E-state index contributed by atoms with van der Waals surface area (Å²) in [5.41, 5.74) is 2.64. The second-order valence-electron chi connectivity index (χ2n) is 5.61. The van der Waals surface area contributed by atoms with E-state index in [0.29, 0.717) is 12.1 Å². The van der Waals surface area contributed by atoms with E-state index in [9.17, 15) is 9.59 Å². The smallest absolute Gasteiger partial charge is 0.322 e. The second-order valence-corrected chi connectivity index (χ2v) is 5.61. The molecule has 2 N–H and O–H groups in total. The number of aryl methyl sites for hydroxylation is 1. The van der Waals surface area contributed by atoms with Crippen molar-refractivity contribution >= 4 is 23.3 Å². The summed E-state index contributed by atoms with van der Waals surface area (Å²) in [5.74, 6) is -0.152. The highest BCUT2D eigenvalue weighted by Gasteiger charge is 2.29. The van der Waals surface area contributed by atoms with Gasteiger partial charge in [0.05, 0.1) is 0 Å². The van der Waals surface area contributed by atoms with E-state index in [1.54, 1.807) is 7.05 Å². The Balaban J connectivity index is 1.71. The molecule has 1 atom stereocenters. The predicted octanol–water partition coefficient (Wildman–Crippen LogP) is 3.10. The summed E-state index contributed by atoms with van der Waals surface area (Å²) >= 11 is 0. The zero-order valence-electron chi connectivity index (χ0n) is 13.0. The van der Waals surface area contributed by atoms with Gasteiger partial charge in [-0.2, -0.15) is 0 Å². The Hall–Kier alpha value is -2.82. The average molecular weight is 309 g/mol. The number of rotatable bonds is 2. The summed E-state index contributed by atoms with van der Waals surface area (Å²) < 4.78 is 0. The summed E-state index contributed by atoms with van der Waals surface area (Å²) in [5, 5.41) is 5.72. The van der Waals surface area contributed by atoms with Crippen LogP contribution in [0.3, 0.4) is 0 Å². The van der Waals surface area contributed by atoms with Crippen molar-refractivity contribution in [2.75, 3.05) is 17.7 Å². The number of hydrogen-bond donors (Lipinski definition) is 2. The minimum Gasteiger partial charge on any atom is -0.324 e. The molecule has 0 fully saturated rings. The maximum Gasteiger partial charge on any atom is 0.322 e. The van der Waals surface area contributed by atoms with Gasteiger partial charge in [-0.3, -0.25) is 4.79 Å². The Kier molecular flexibility index (Phi) is 4.28. The molecule has 0 bridgehead atoms. The van der Waals surface area contributed by atoms with Crippen molar-refractivity contribution in [3.05, 3.63) is 60.2 Å². The molecule has 1 heterocycles. The first-order chi connectivity index (χ1) is 11.1. The molecule has 2 aromatic carbocycles. The zero-order valence-corrected chi connectivity index (χ0v) is 13.0. The van der Waals surface area contributed by atoms with Crippen LogP contribution >= 0.6 is 0 Å². The molecule has 118 valence electrons. The minimum absolute atomic E-state index is 0.152. The van der Waals surface area contributed by atoms with E-state index >= 15 is 0 Å². The van der Waals surface area contributed by atoms with Crippen molar-refractivity contribution in [3.8, 4) is 0 Å². The summed E-state index contributed by atoms with van der Waals surface area (Å²) in [7, 11) is 1.65. The predicted molar refractivity (Wildman–Crippen MR) is 90.4 cm³/mol. The fourth-order valence-corrected chi connectivity index (χ4v) is 2.74. The number of amides is 3. The number of carbonyl (C=O) groups excluding carboxylic acids is 2. The molecule has 0 spiro atoms. The molecule has 1 unspecified atom stereocenters. The molecule has 5 nitrogen and oxygen atoms in total. The Labute approximate surface area is 135 Å². The van der Waals surface area contributed by atoms with Gasteiger partial charge in [0.15, 0.2) is 0 Å². The number of benzene rings is 2. The molecule has 0 saturated heterocycles. The molecule has 23 heavy (non-hydrogen) atoms. The quantitative estimate of drug-likeness (QED) is 0.895. The first-order valence-electron chi connectivity index (χ1n) is 7.63. The van der Waals surface area contributed by atoms with E-state index < -0.39 is 6.04 Å². The molecule has 0 saturated carbocycles. The fraction of sp³-hybridized carbons (Fsp3) is 0.222. The lowest BCUT2D eigenvalue weighted by Gasteiger charge is -2.26. The normalized spacial score (nSPS) is 16.7. The number of fused-ring (bicyclic) bond motifs is 1. The number of nitrogens with zero attached hydrogens (tertiary/aromatic N) is 1. The number of carbonyl (C=O) groups is 2. The molecule has 3 rings (SSSR count). The molecular formula is C18H19N3O2. The first kappa shape index (κ1) is 15.1. The van der Waals surface area contributed by atoms with Crippen LogP contribution < -0.4 is 10.6 Å². The maximum absolute atomic E-state index is 12.4. The van der Waals surface area contributed by atoms with E-state index in [2.05, 4.69) is 10.6 Å². The Morgan fingerprint density at radius 3 is 2.61 bits per heavy atom. The molecule has 1 aliphatic rings. The number of likely N-dealkylation sites (N-methyl/N-ethyl adjacent to an activating group) is 1. The summed E-state index contributed by atoms with van der Waals surface area (Å²) in [6.07, 6.45) is 1.35. The topological polar surface area (TPSA) is 61.4 Å². The third kappa shape index (κ3) is 3.34. The van der Waals surface area contributed by atoms with Crippen LogP contribution in [-0.4, -0.2) is 29.9 Å². The van der Waals surface area contributed by atoms with Crippen LogP contribution in [0.15, 0.2) is 54.6 Å². The van der Waals surface area contributed by atoms with Gasteiger partial charge in [-0.25, -0.2) is 4.79 Å². The van der Waals surface area contributed by atoms with Crippen LogP contribution in [0, 0.1) is 0 Å². The highest BCUT2D eigenvalue weighted by Crippen LogP contribution is 2.23. The van der Waals surface area contributed by atoms with Crippen molar-refractivity contribution in [1.82, 2.24) is 4.90 Å². The van der Waals surface area contributed by atoms with Crippen LogP contribution in [0.25, 0.3) is 0 Å². The largest absolute Gasteiger partial charge is 0.324 e. The van der Waals surface area contributed by atoms with Crippen molar-refractivity contribution in [2.24, 2.45) is 0 Å². The molecule has 5 heteroatoms. The fourth-order valence-electron chi connectivity index (χ4n) is 2.74. The van der Waals surface area contributed by atoms with Crippen LogP contribution in [-0.2, 0) is 11.2 Å². The van der Waals surface area contributed by atoms with Crippen LogP contribution in [0.2, 0.25) is 0 Å². The number of anilines is 2. The van der Waals surface area contributed by atoms with E-state index in [0.717, 1.165) is 17.7 Å². The lowest BCUT2D eigenvalue weighted by molar-refractivity contribution is -0.120. The Bertz CT molecular complexity index is 715. The zero-order chi connectivity index (χ0) is 16.2. The maximum atomic E-state index is 12.4. The molecule has 1 aliphatic heterocycles. The SMILES string of the molecule is CN(C(=O)Nc1ccccc1)C1CCc2ccccc2NC1=O. The molecule has 0 aromatic heterocycles. The molecule has 3 amide bonds. The molecule has 0 aliphatic carbocycles. The molecule has 0 radical (unpaired) electrons. The van der Waals surface area contributed by atoms with Gasteiger partial charge < -0.3 is 15.5 Å². The van der Waals surface area contributed by atoms with Crippen molar-refractivity contribution < 1.29 is 9.59 Å². The average Bonchev–Trinajstić information content (AvgIpc) is 2.73. The van der Waals surface area contributed by atoms with Crippen LogP contribution in [0.4, 0.5) is 16.2 Å². The molecular weight excluding hydrogens is 290 g/mol. The van der Waals surface area contributed by atoms with Gasteiger partial charge in [-0.05, 0) is 36.6 Å². The van der Waals surface area contributed by atoms with Gasteiger partial charge in [0.1, 0.15) is 6.04 Å². The number of urea groups is 1.